The molecule has 1 aliphatic carbocycles. The lowest BCUT2D eigenvalue weighted by Crippen LogP contribution is -2.34. The Morgan fingerprint density at radius 3 is 2.59 bits per heavy atom. The van der Waals surface area contributed by atoms with Gasteiger partial charge < -0.3 is 15.4 Å². The summed E-state index contributed by atoms with van der Waals surface area (Å²) in [4.78, 5) is 2.55. The molecule has 0 atom stereocenters. The number of ether oxygens (including phenoxy) is 1. The lowest BCUT2D eigenvalue weighted by atomic mass is 9.94. The first kappa shape index (κ1) is 17.1. The van der Waals surface area contributed by atoms with Crippen LogP contribution in [0, 0.1) is 0 Å². The van der Waals surface area contributed by atoms with Crippen LogP contribution < -0.4 is 10.5 Å². The lowest BCUT2D eigenvalue weighted by molar-refractivity contribution is 0.190. The second kappa shape index (κ2) is 8.42. The zero-order valence-corrected chi connectivity index (χ0v) is 14.5. The van der Waals surface area contributed by atoms with E-state index < -0.39 is 0 Å². The van der Waals surface area contributed by atoms with Crippen molar-refractivity contribution in [1.82, 2.24) is 4.90 Å². The van der Waals surface area contributed by atoms with Crippen LogP contribution in [-0.4, -0.2) is 30.6 Å². The number of aryl methyl sites for hydroxylation is 1. The van der Waals surface area contributed by atoms with Gasteiger partial charge in [-0.15, -0.1) is 0 Å². The van der Waals surface area contributed by atoms with Crippen LogP contribution in [-0.2, 0) is 6.42 Å². The van der Waals surface area contributed by atoms with E-state index in [2.05, 4.69) is 24.1 Å². The maximum absolute atomic E-state index is 6.08. The first-order chi connectivity index (χ1) is 10.6. The fourth-order valence-electron chi connectivity index (χ4n) is 3.35. The largest absolute Gasteiger partial charge is 0.489 e. The molecule has 0 radical (unpaired) electrons. The monoisotopic (exact) mass is 304 g/mol. The minimum Gasteiger partial charge on any atom is -0.489 e. The van der Waals surface area contributed by atoms with Crippen LogP contribution in [0.5, 0.6) is 5.75 Å². The van der Waals surface area contributed by atoms with Crippen molar-refractivity contribution >= 4 is 5.69 Å². The molecular formula is C19H32N2O. The highest BCUT2D eigenvalue weighted by molar-refractivity contribution is 5.54. The molecule has 0 aliphatic heterocycles. The van der Waals surface area contributed by atoms with Crippen LogP contribution in [0.1, 0.15) is 57.9 Å². The average molecular weight is 304 g/mol. The number of rotatable bonds is 7. The van der Waals surface area contributed by atoms with Crippen molar-refractivity contribution in [2.75, 3.05) is 19.3 Å². The van der Waals surface area contributed by atoms with Crippen molar-refractivity contribution < 1.29 is 4.74 Å². The maximum atomic E-state index is 6.08. The van der Waals surface area contributed by atoms with E-state index in [4.69, 9.17) is 10.5 Å². The average Bonchev–Trinajstić information content (AvgIpc) is 2.50. The Labute approximate surface area is 135 Å². The van der Waals surface area contributed by atoms with Crippen molar-refractivity contribution in [3.63, 3.8) is 0 Å². The summed E-state index contributed by atoms with van der Waals surface area (Å²) in [5, 5.41) is 0. The molecule has 3 nitrogen and oxygen atoms in total. The second-order valence-corrected chi connectivity index (χ2v) is 6.91. The van der Waals surface area contributed by atoms with E-state index in [0.717, 1.165) is 23.9 Å². The Morgan fingerprint density at radius 2 is 1.95 bits per heavy atom. The predicted molar refractivity (Wildman–Crippen MR) is 94.4 cm³/mol. The van der Waals surface area contributed by atoms with Crippen LogP contribution in [0.15, 0.2) is 18.2 Å². The molecule has 1 aromatic rings. The summed E-state index contributed by atoms with van der Waals surface area (Å²) in [5.74, 6) is 0.804. The molecule has 0 spiro atoms. The first-order valence-corrected chi connectivity index (χ1v) is 8.81. The van der Waals surface area contributed by atoms with E-state index in [0.29, 0.717) is 0 Å². The van der Waals surface area contributed by atoms with Crippen molar-refractivity contribution in [2.45, 2.75) is 70.9 Å². The third kappa shape index (κ3) is 5.20. The molecule has 2 N–H and O–H groups in total. The number of nitrogens with two attached hydrogens (primary N) is 1. The van der Waals surface area contributed by atoms with E-state index in [1.165, 1.54) is 50.6 Å². The topological polar surface area (TPSA) is 38.5 Å². The van der Waals surface area contributed by atoms with Gasteiger partial charge in [0, 0.05) is 6.04 Å². The molecule has 0 bridgehead atoms. The maximum Gasteiger partial charge on any atom is 0.142 e. The number of nitrogens with zero attached hydrogens (tertiary/aromatic N) is 1. The van der Waals surface area contributed by atoms with Crippen LogP contribution in [0.3, 0.4) is 0 Å². The van der Waals surface area contributed by atoms with Gasteiger partial charge in [0.15, 0.2) is 0 Å². The molecule has 22 heavy (non-hydrogen) atoms. The van der Waals surface area contributed by atoms with Gasteiger partial charge in [-0.2, -0.15) is 0 Å². The number of benzene rings is 1. The molecule has 0 heterocycles. The molecule has 0 aromatic heterocycles. The highest BCUT2D eigenvalue weighted by Crippen LogP contribution is 2.25. The van der Waals surface area contributed by atoms with Gasteiger partial charge in [-0.25, -0.2) is 0 Å². The fourth-order valence-corrected chi connectivity index (χ4v) is 3.35. The minimum absolute atomic E-state index is 0.164. The van der Waals surface area contributed by atoms with Gasteiger partial charge in [-0.1, -0.05) is 25.3 Å². The Hall–Kier alpha value is -1.22. The van der Waals surface area contributed by atoms with Crippen molar-refractivity contribution in [1.29, 1.82) is 0 Å². The van der Waals surface area contributed by atoms with E-state index >= 15 is 0 Å². The fraction of sp³-hybridized carbons (Fsp3) is 0.684. The van der Waals surface area contributed by atoms with Crippen LogP contribution in [0.4, 0.5) is 5.69 Å². The van der Waals surface area contributed by atoms with Gasteiger partial charge >= 0.3 is 0 Å². The number of hydrogen-bond donors (Lipinski definition) is 1. The normalized spacial score (nSPS) is 16.4. The van der Waals surface area contributed by atoms with E-state index in [1.807, 2.05) is 19.9 Å². The van der Waals surface area contributed by atoms with Gasteiger partial charge in [0.2, 0.25) is 0 Å². The highest BCUT2D eigenvalue weighted by atomic mass is 16.5. The van der Waals surface area contributed by atoms with Crippen molar-refractivity contribution in [3.8, 4) is 5.75 Å². The summed E-state index contributed by atoms with van der Waals surface area (Å²) >= 11 is 0. The SMILES string of the molecule is CC(C)Oc1ccc(CCCN(C)C2CCCCC2)cc1N. The van der Waals surface area contributed by atoms with E-state index in [-0.39, 0.29) is 6.10 Å². The molecule has 1 fully saturated rings. The highest BCUT2D eigenvalue weighted by Gasteiger charge is 2.17. The third-order valence-electron chi connectivity index (χ3n) is 4.61. The molecule has 2 rings (SSSR count). The molecule has 1 aliphatic rings. The Kier molecular flexibility index (Phi) is 6.56. The smallest absolute Gasteiger partial charge is 0.142 e. The molecule has 3 heteroatoms. The van der Waals surface area contributed by atoms with Gasteiger partial charge in [0.1, 0.15) is 5.75 Å². The number of nitrogen functional groups attached to an aromatic ring is 1. The minimum atomic E-state index is 0.164. The Balaban J connectivity index is 1.77. The molecule has 0 saturated heterocycles. The molecular weight excluding hydrogens is 272 g/mol. The van der Waals surface area contributed by atoms with Gasteiger partial charge in [0.05, 0.1) is 11.8 Å². The van der Waals surface area contributed by atoms with Gasteiger partial charge in [-0.05, 0) is 70.8 Å². The zero-order valence-electron chi connectivity index (χ0n) is 14.5. The molecule has 1 saturated carbocycles. The molecule has 124 valence electrons. The summed E-state index contributed by atoms with van der Waals surface area (Å²) in [7, 11) is 2.28. The summed E-state index contributed by atoms with van der Waals surface area (Å²) in [5.41, 5.74) is 8.15. The van der Waals surface area contributed by atoms with E-state index in [1.54, 1.807) is 0 Å². The summed E-state index contributed by atoms with van der Waals surface area (Å²) in [6.07, 6.45) is 9.44. The second-order valence-electron chi connectivity index (χ2n) is 6.91. The quantitative estimate of drug-likeness (QED) is 0.765. The number of anilines is 1. The summed E-state index contributed by atoms with van der Waals surface area (Å²) in [6.45, 7) is 5.22. The predicted octanol–water partition coefficient (Wildman–Crippen LogP) is 4.25. The molecule has 0 unspecified atom stereocenters. The van der Waals surface area contributed by atoms with E-state index in [9.17, 15) is 0 Å². The van der Waals surface area contributed by atoms with Crippen molar-refractivity contribution in [2.24, 2.45) is 0 Å². The van der Waals surface area contributed by atoms with Crippen LogP contribution >= 0.6 is 0 Å². The number of hydrogen-bond acceptors (Lipinski definition) is 3. The Morgan fingerprint density at radius 1 is 1.23 bits per heavy atom. The van der Waals surface area contributed by atoms with Gasteiger partial charge in [0.25, 0.3) is 0 Å². The zero-order chi connectivity index (χ0) is 15.9. The molecule has 1 aromatic carbocycles. The van der Waals surface area contributed by atoms with Crippen LogP contribution in [0.25, 0.3) is 0 Å². The standard InChI is InChI=1S/C19H32N2O/c1-15(2)22-19-12-11-16(14-18(19)20)8-7-13-21(3)17-9-5-4-6-10-17/h11-12,14-15,17H,4-10,13,20H2,1-3H3. The summed E-state index contributed by atoms with van der Waals surface area (Å²) in [6, 6.07) is 7.03. The molecule has 0 amide bonds. The third-order valence-corrected chi connectivity index (χ3v) is 4.61. The first-order valence-electron chi connectivity index (χ1n) is 8.81. The van der Waals surface area contributed by atoms with Gasteiger partial charge in [-0.3, -0.25) is 0 Å². The lowest BCUT2D eigenvalue weighted by Gasteiger charge is -2.31. The van der Waals surface area contributed by atoms with Crippen LogP contribution in [0.2, 0.25) is 0 Å². The summed E-state index contributed by atoms with van der Waals surface area (Å²) < 4.78 is 5.69. The van der Waals surface area contributed by atoms with Crippen molar-refractivity contribution in [3.05, 3.63) is 23.8 Å². The Bertz CT molecular complexity index is 453.